The molecule has 0 saturated carbocycles. The molecule has 0 aliphatic carbocycles. The minimum Gasteiger partial charge on any atom is -0.380 e. The largest absolute Gasteiger partial charge is 0.380 e. The molecule has 3 heteroatoms. The topological polar surface area (TPSA) is 18.5 Å². The molecule has 2 rings (SSSR count). The summed E-state index contributed by atoms with van der Waals surface area (Å²) in [5, 5.41) is 0. The maximum Gasteiger partial charge on any atom is 0.0648 e. The van der Waals surface area contributed by atoms with E-state index in [4.69, 9.17) is 9.47 Å². The van der Waals surface area contributed by atoms with Gasteiger partial charge in [-0.15, -0.1) is 0 Å². The van der Waals surface area contributed by atoms with Crippen LogP contribution in [-0.4, -0.2) is 36.9 Å². The van der Waals surface area contributed by atoms with Gasteiger partial charge in [0.25, 0.3) is 0 Å². The molecule has 2 aliphatic rings. The van der Waals surface area contributed by atoms with Crippen molar-refractivity contribution < 1.29 is 9.47 Å². The Kier molecular flexibility index (Phi) is 2.39. The molecule has 1 unspecified atom stereocenters. The lowest BCUT2D eigenvalue weighted by Crippen LogP contribution is -2.30. The quantitative estimate of drug-likeness (QED) is 0.551. The molecule has 2 nitrogen and oxygen atoms in total. The van der Waals surface area contributed by atoms with E-state index in [9.17, 15) is 0 Å². The van der Waals surface area contributed by atoms with Crippen LogP contribution in [0.25, 0.3) is 0 Å². The molecule has 2 aliphatic heterocycles. The molecule has 0 aromatic carbocycles. The Morgan fingerprint density at radius 3 is 2.73 bits per heavy atom. The monoisotopic (exact) mass is 174 g/mol. The zero-order valence-corrected chi connectivity index (χ0v) is 7.49. The molecule has 0 aromatic heterocycles. The summed E-state index contributed by atoms with van der Waals surface area (Å²) in [4.78, 5) is 0. The molecule has 1 atom stereocenters. The molecule has 0 radical (unpaired) electrons. The molecule has 2 heterocycles. The van der Waals surface area contributed by atoms with E-state index in [1.54, 1.807) is 0 Å². The van der Waals surface area contributed by atoms with Gasteiger partial charge < -0.3 is 9.47 Å². The van der Waals surface area contributed by atoms with Crippen LogP contribution in [0.4, 0.5) is 0 Å². The lowest BCUT2D eigenvalue weighted by atomic mass is 10.1. The lowest BCUT2D eigenvalue weighted by Gasteiger charge is -2.23. The van der Waals surface area contributed by atoms with E-state index >= 15 is 0 Å². The summed E-state index contributed by atoms with van der Waals surface area (Å²) in [6, 6.07) is 0. The molecule has 2 saturated heterocycles. The first-order chi connectivity index (χ1) is 5.41. The Balaban J connectivity index is 1.97. The minimum atomic E-state index is 0.330. The Labute approximate surface area is 71.6 Å². The summed E-state index contributed by atoms with van der Waals surface area (Å²) in [7, 11) is 0. The normalized spacial score (nSPS) is 39.3. The lowest BCUT2D eigenvalue weighted by molar-refractivity contribution is 0.107. The Morgan fingerprint density at radius 2 is 1.91 bits per heavy atom. The van der Waals surface area contributed by atoms with Gasteiger partial charge >= 0.3 is 0 Å². The second-order valence-electron chi connectivity index (χ2n) is 3.24. The Morgan fingerprint density at radius 1 is 1.09 bits per heavy atom. The highest BCUT2D eigenvalue weighted by Crippen LogP contribution is 2.36. The number of rotatable bonds is 0. The molecule has 0 amide bonds. The number of hydrogen-bond acceptors (Lipinski definition) is 3. The van der Waals surface area contributed by atoms with Crippen LogP contribution < -0.4 is 0 Å². The average Bonchev–Trinajstić information content (AvgIpc) is 2.32. The highest BCUT2D eigenvalue weighted by Gasteiger charge is 2.36. The highest BCUT2D eigenvalue weighted by atomic mass is 32.2. The Hall–Kier alpha value is 0.270. The van der Waals surface area contributed by atoms with Crippen molar-refractivity contribution in [3.63, 3.8) is 0 Å². The Bertz CT molecular complexity index is 122. The van der Waals surface area contributed by atoms with E-state index < -0.39 is 0 Å². The molecule has 2 fully saturated rings. The van der Waals surface area contributed by atoms with Gasteiger partial charge in [0.2, 0.25) is 0 Å². The van der Waals surface area contributed by atoms with Crippen molar-refractivity contribution in [3.8, 4) is 0 Å². The first kappa shape index (κ1) is 7.90. The van der Waals surface area contributed by atoms with Gasteiger partial charge in [-0.2, -0.15) is 11.8 Å². The van der Waals surface area contributed by atoms with E-state index in [1.807, 2.05) is 11.8 Å². The van der Waals surface area contributed by atoms with E-state index in [-0.39, 0.29) is 0 Å². The van der Waals surface area contributed by atoms with Crippen LogP contribution in [0.3, 0.4) is 0 Å². The molecular weight excluding hydrogens is 160 g/mol. The van der Waals surface area contributed by atoms with Crippen LogP contribution in [0.1, 0.15) is 12.8 Å². The van der Waals surface area contributed by atoms with E-state index in [0.717, 1.165) is 26.4 Å². The van der Waals surface area contributed by atoms with Crippen LogP contribution in [0.2, 0.25) is 0 Å². The minimum absolute atomic E-state index is 0.330. The maximum absolute atomic E-state index is 5.53. The van der Waals surface area contributed by atoms with Gasteiger partial charge in [0.1, 0.15) is 0 Å². The third-order valence-electron chi connectivity index (χ3n) is 2.27. The van der Waals surface area contributed by atoms with Crippen molar-refractivity contribution in [2.75, 3.05) is 32.2 Å². The van der Waals surface area contributed by atoms with Crippen molar-refractivity contribution >= 4 is 11.8 Å². The fourth-order valence-electron chi connectivity index (χ4n) is 1.57. The third kappa shape index (κ3) is 1.71. The summed E-state index contributed by atoms with van der Waals surface area (Å²) in [6.07, 6.45) is 2.38. The molecule has 64 valence electrons. The van der Waals surface area contributed by atoms with Crippen molar-refractivity contribution in [1.29, 1.82) is 0 Å². The van der Waals surface area contributed by atoms with Crippen LogP contribution in [0.15, 0.2) is 0 Å². The predicted octanol–water partition coefficient (Wildman–Crippen LogP) is 1.30. The van der Waals surface area contributed by atoms with Crippen molar-refractivity contribution in [2.45, 2.75) is 17.6 Å². The standard InChI is InChI=1S/C8H14O2S/c1-3-9-6-8(11-5-1)2-4-10-7-8/h1-7H2. The summed E-state index contributed by atoms with van der Waals surface area (Å²) >= 11 is 2.04. The van der Waals surface area contributed by atoms with Crippen molar-refractivity contribution in [3.05, 3.63) is 0 Å². The molecule has 0 aromatic rings. The molecule has 0 bridgehead atoms. The van der Waals surface area contributed by atoms with Gasteiger partial charge in [-0.25, -0.2) is 0 Å². The van der Waals surface area contributed by atoms with Crippen LogP contribution in [0.5, 0.6) is 0 Å². The molecular formula is C8H14O2S. The van der Waals surface area contributed by atoms with Gasteiger partial charge in [-0.3, -0.25) is 0 Å². The van der Waals surface area contributed by atoms with Crippen LogP contribution >= 0.6 is 11.8 Å². The molecule has 11 heavy (non-hydrogen) atoms. The van der Waals surface area contributed by atoms with Gasteiger partial charge in [-0.1, -0.05) is 0 Å². The summed E-state index contributed by atoms with van der Waals surface area (Å²) in [5.74, 6) is 1.24. The second kappa shape index (κ2) is 3.33. The number of ether oxygens (including phenoxy) is 2. The first-order valence-electron chi connectivity index (χ1n) is 4.21. The van der Waals surface area contributed by atoms with E-state index in [0.29, 0.717) is 4.75 Å². The van der Waals surface area contributed by atoms with Gasteiger partial charge in [-0.05, 0) is 18.6 Å². The third-order valence-corrected chi connectivity index (χ3v) is 3.82. The summed E-state index contributed by atoms with van der Waals surface area (Å²) < 4.78 is 11.3. The van der Waals surface area contributed by atoms with Gasteiger partial charge in [0.05, 0.1) is 18.0 Å². The number of thioether (sulfide) groups is 1. The van der Waals surface area contributed by atoms with E-state index in [2.05, 4.69) is 0 Å². The van der Waals surface area contributed by atoms with Crippen LogP contribution in [0, 0.1) is 0 Å². The van der Waals surface area contributed by atoms with Crippen molar-refractivity contribution in [2.24, 2.45) is 0 Å². The van der Waals surface area contributed by atoms with E-state index in [1.165, 1.54) is 18.6 Å². The average molecular weight is 174 g/mol. The number of hydrogen-bond donors (Lipinski definition) is 0. The molecule has 1 spiro atoms. The predicted molar refractivity (Wildman–Crippen MR) is 46.1 cm³/mol. The maximum atomic E-state index is 5.53. The van der Waals surface area contributed by atoms with Crippen molar-refractivity contribution in [1.82, 2.24) is 0 Å². The SMILES string of the molecule is C1COCC2(CCOC2)SC1. The fraction of sp³-hybridized carbons (Fsp3) is 1.00. The summed E-state index contributed by atoms with van der Waals surface area (Å²) in [6.45, 7) is 3.67. The first-order valence-corrected chi connectivity index (χ1v) is 5.19. The second-order valence-corrected chi connectivity index (χ2v) is 4.80. The van der Waals surface area contributed by atoms with Gasteiger partial charge in [0, 0.05) is 13.2 Å². The van der Waals surface area contributed by atoms with Crippen LogP contribution in [-0.2, 0) is 9.47 Å². The molecule has 0 N–H and O–H groups in total. The smallest absolute Gasteiger partial charge is 0.0648 e. The fourth-order valence-corrected chi connectivity index (χ4v) is 2.82. The van der Waals surface area contributed by atoms with Gasteiger partial charge in [0.15, 0.2) is 0 Å². The summed E-state index contributed by atoms with van der Waals surface area (Å²) in [5.41, 5.74) is 0. The highest BCUT2D eigenvalue weighted by molar-refractivity contribution is 8.00. The zero-order chi connectivity index (χ0) is 7.57. The zero-order valence-electron chi connectivity index (χ0n) is 6.67.